The van der Waals surface area contributed by atoms with Crippen molar-refractivity contribution in [2.75, 3.05) is 29.8 Å². The summed E-state index contributed by atoms with van der Waals surface area (Å²) >= 11 is 12.5. The van der Waals surface area contributed by atoms with Crippen molar-refractivity contribution < 1.29 is 9.53 Å². The second-order valence-corrected chi connectivity index (χ2v) is 9.68. The third-order valence-electron chi connectivity index (χ3n) is 6.78. The minimum absolute atomic E-state index is 0.0320. The van der Waals surface area contributed by atoms with Gasteiger partial charge in [0.1, 0.15) is 11.4 Å². The summed E-state index contributed by atoms with van der Waals surface area (Å²) in [4.78, 5) is 18.9. The summed E-state index contributed by atoms with van der Waals surface area (Å²) in [6.07, 6.45) is 0. The largest absolute Gasteiger partial charge is 0.497 e. The van der Waals surface area contributed by atoms with Crippen LogP contribution in [0.2, 0.25) is 5.02 Å². The van der Waals surface area contributed by atoms with Crippen LogP contribution in [-0.4, -0.2) is 30.4 Å². The lowest BCUT2D eigenvalue weighted by molar-refractivity contribution is 0.0984. The maximum Gasteiger partial charge on any atom is 0.274 e. The van der Waals surface area contributed by atoms with Crippen LogP contribution in [0, 0.1) is 0 Å². The maximum atomic E-state index is 13.8. The van der Waals surface area contributed by atoms with E-state index in [2.05, 4.69) is 28.5 Å². The number of aromatic amines is 1. The molecule has 0 spiro atoms. The van der Waals surface area contributed by atoms with Crippen molar-refractivity contribution in [3.63, 3.8) is 0 Å². The van der Waals surface area contributed by atoms with Gasteiger partial charge in [0.2, 0.25) is 0 Å². The molecule has 4 aromatic carbocycles. The van der Waals surface area contributed by atoms with Crippen LogP contribution in [-0.2, 0) is 0 Å². The number of benzene rings is 4. The van der Waals surface area contributed by atoms with Gasteiger partial charge >= 0.3 is 0 Å². The Bertz CT molecular complexity index is 1610. The standard InChI is InChI=1S/C29H23Cl2N3O2/c1-36-21-10-11-24-17(12-21)13-26(33-24)29(35)34-16-18(15-30)28-23-5-3-2-4-22(23)25(14-27(28)34)32-20-8-6-19(31)7-9-20/h2-14,18,32-33H,15-16H2,1H3. The molecule has 1 aliphatic heterocycles. The lowest BCUT2D eigenvalue weighted by atomic mass is 9.95. The molecule has 1 atom stereocenters. The molecule has 0 aliphatic carbocycles. The Hall–Kier alpha value is -3.67. The molecule has 1 amide bonds. The number of nitrogens with zero attached hydrogens (tertiary/aromatic N) is 1. The minimum Gasteiger partial charge on any atom is -0.497 e. The van der Waals surface area contributed by atoms with E-state index in [0.717, 1.165) is 50.1 Å². The van der Waals surface area contributed by atoms with Gasteiger partial charge in [0, 0.05) is 51.0 Å². The fraction of sp³-hybridized carbons (Fsp3) is 0.138. The number of rotatable bonds is 5. The number of nitrogens with one attached hydrogen (secondary N) is 2. The predicted octanol–water partition coefficient (Wildman–Crippen LogP) is 7.71. The van der Waals surface area contributed by atoms with Crippen molar-refractivity contribution >= 4 is 67.8 Å². The number of fused-ring (bicyclic) bond motifs is 4. The first kappa shape index (κ1) is 22.8. The fourth-order valence-electron chi connectivity index (χ4n) is 5.05. The quantitative estimate of drug-likeness (QED) is 0.235. The highest BCUT2D eigenvalue weighted by Gasteiger charge is 2.35. The highest BCUT2D eigenvalue weighted by molar-refractivity contribution is 6.30. The Morgan fingerprint density at radius 1 is 1.06 bits per heavy atom. The second-order valence-electron chi connectivity index (χ2n) is 8.94. The van der Waals surface area contributed by atoms with E-state index in [1.807, 2.05) is 65.6 Å². The summed E-state index contributed by atoms with van der Waals surface area (Å²) in [5.41, 5.74) is 5.22. The van der Waals surface area contributed by atoms with Crippen molar-refractivity contribution in [3.8, 4) is 5.75 Å². The zero-order valence-electron chi connectivity index (χ0n) is 19.5. The van der Waals surface area contributed by atoms with Gasteiger partial charge in [0.05, 0.1) is 12.8 Å². The number of halogens is 2. The van der Waals surface area contributed by atoms with Gasteiger partial charge in [0.25, 0.3) is 5.91 Å². The molecule has 0 radical (unpaired) electrons. The van der Waals surface area contributed by atoms with E-state index in [9.17, 15) is 4.79 Å². The van der Waals surface area contributed by atoms with Gasteiger partial charge < -0.3 is 19.9 Å². The Morgan fingerprint density at radius 3 is 2.58 bits per heavy atom. The van der Waals surface area contributed by atoms with E-state index in [-0.39, 0.29) is 11.8 Å². The predicted molar refractivity (Wildman–Crippen MR) is 149 cm³/mol. The summed E-state index contributed by atoms with van der Waals surface area (Å²) in [6.45, 7) is 0.519. The third-order valence-corrected chi connectivity index (χ3v) is 7.40. The zero-order chi connectivity index (χ0) is 24.8. The Morgan fingerprint density at radius 2 is 1.83 bits per heavy atom. The Labute approximate surface area is 218 Å². The summed E-state index contributed by atoms with van der Waals surface area (Å²) in [5, 5.41) is 7.29. The lowest BCUT2D eigenvalue weighted by Crippen LogP contribution is -2.30. The molecule has 1 unspecified atom stereocenters. The summed E-state index contributed by atoms with van der Waals surface area (Å²) in [7, 11) is 1.63. The van der Waals surface area contributed by atoms with Gasteiger partial charge in [-0.15, -0.1) is 11.6 Å². The summed E-state index contributed by atoms with van der Waals surface area (Å²) in [6, 6.07) is 25.5. The molecule has 1 aromatic heterocycles. The number of alkyl halides is 1. The molecule has 0 saturated carbocycles. The third kappa shape index (κ3) is 3.85. The molecule has 36 heavy (non-hydrogen) atoms. The van der Waals surface area contributed by atoms with Gasteiger partial charge in [-0.25, -0.2) is 0 Å². The van der Waals surface area contributed by atoms with Crippen LogP contribution in [0.5, 0.6) is 5.75 Å². The lowest BCUT2D eigenvalue weighted by Gasteiger charge is -2.19. The topological polar surface area (TPSA) is 57.4 Å². The SMILES string of the molecule is COc1ccc2[nH]c(C(=O)N3CC(CCl)c4c3cc(Nc3ccc(Cl)cc3)c3ccccc43)cc2c1. The summed E-state index contributed by atoms with van der Waals surface area (Å²) < 4.78 is 5.34. The van der Waals surface area contributed by atoms with Crippen molar-refractivity contribution in [2.45, 2.75) is 5.92 Å². The number of amides is 1. The van der Waals surface area contributed by atoms with Crippen molar-refractivity contribution in [3.05, 3.63) is 95.1 Å². The summed E-state index contributed by atoms with van der Waals surface area (Å²) in [5.74, 6) is 1.11. The van der Waals surface area contributed by atoms with Crippen molar-refractivity contribution in [1.82, 2.24) is 4.98 Å². The van der Waals surface area contributed by atoms with Crippen molar-refractivity contribution in [2.24, 2.45) is 0 Å². The number of hydrogen-bond donors (Lipinski definition) is 2. The number of ether oxygens (including phenoxy) is 1. The Kier molecular flexibility index (Phi) is 5.75. The van der Waals surface area contributed by atoms with Crippen LogP contribution in [0.1, 0.15) is 22.0 Å². The highest BCUT2D eigenvalue weighted by atomic mass is 35.5. The zero-order valence-corrected chi connectivity index (χ0v) is 21.0. The van der Waals surface area contributed by atoms with E-state index >= 15 is 0 Å². The first-order chi connectivity index (χ1) is 17.6. The van der Waals surface area contributed by atoms with Gasteiger partial charge in [-0.1, -0.05) is 35.9 Å². The molecule has 5 nitrogen and oxygen atoms in total. The number of carbonyl (C=O) groups is 1. The average Bonchev–Trinajstić information content (AvgIpc) is 3.51. The van der Waals surface area contributed by atoms with E-state index in [1.165, 1.54) is 0 Å². The molecule has 5 aromatic rings. The highest BCUT2D eigenvalue weighted by Crippen LogP contribution is 2.46. The number of methoxy groups -OCH3 is 1. The molecule has 180 valence electrons. The molecule has 6 rings (SSSR count). The Balaban J connectivity index is 1.46. The normalized spacial score (nSPS) is 14.9. The molecule has 1 aliphatic rings. The number of aromatic nitrogens is 1. The van der Waals surface area contributed by atoms with Gasteiger partial charge in [-0.3, -0.25) is 4.79 Å². The van der Waals surface area contributed by atoms with Crippen LogP contribution in [0.4, 0.5) is 17.1 Å². The molecule has 0 fully saturated rings. The van der Waals surface area contributed by atoms with Gasteiger partial charge in [-0.05, 0) is 65.5 Å². The molecular weight excluding hydrogens is 493 g/mol. The molecule has 2 heterocycles. The molecule has 0 bridgehead atoms. The van der Waals surface area contributed by atoms with Crippen LogP contribution < -0.4 is 15.0 Å². The van der Waals surface area contributed by atoms with E-state index in [1.54, 1.807) is 7.11 Å². The number of carbonyl (C=O) groups excluding carboxylic acids is 1. The van der Waals surface area contributed by atoms with Crippen LogP contribution in [0.15, 0.2) is 78.9 Å². The fourth-order valence-corrected chi connectivity index (χ4v) is 5.43. The monoisotopic (exact) mass is 515 g/mol. The molecule has 2 N–H and O–H groups in total. The molecule has 7 heteroatoms. The van der Waals surface area contributed by atoms with Gasteiger partial charge in [0.15, 0.2) is 0 Å². The average molecular weight is 516 g/mol. The maximum absolute atomic E-state index is 13.8. The first-order valence-electron chi connectivity index (χ1n) is 11.7. The first-order valence-corrected chi connectivity index (χ1v) is 12.6. The van der Waals surface area contributed by atoms with E-state index < -0.39 is 0 Å². The molecular formula is C29H23Cl2N3O2. The van der Waals surface area contributed by atoms with Crippen LogP contribution in [0.3, 0.4) is 0 Å². The van der Waals surface area contributed by atoms with Gasteiger partial charge in [-0.2, -0.15) is 0 Å². The number of hydrogen-bond acceptors (Lipinski definition) is 3. The van der Waals surface area contributed by atoms with E-state index in [4.69, 9.17) is 27.9 Å². The number of anilines is 3. The van der Waals surface area contributed by atoms with Crippen molar-refractivity contribution in [1.29, 1.82) is 0 Å². The van der Waals surface area contributed by atoms with Crippen LogP contribution in [0.25, 0.3) is 21.7 Å². The minimum atomic E-state index is -0.0910. The number of H-pyrrole nitrogens is 1. The molecule has 0 saturated heterocycles. The van der Waals surface area contributed by atoms with E-state index in [0.29, 0.717) is 23.1 Å². The smallest absolute Gasteiger partial charge is 0.274 e. The van der Waals surface area contributed by atoms with Crippen LogP contribution >= 0.6 is 23.2 Å². The second kappa shape index (κ2) is 9.08.